The molecule has 1 atom stereocenters. The predicted octanol–water partition coefficient (Wildman–Crippen LogP) is 2.00. The van der Waals surface area contributed by atoms with Crippen LogP contribution in [0.5, 0.6) is 0 Å². The van der Waals surface area contributed by atoms with Crippen LogP contribution in [0.2, 0.25) is 0 Å². The molecule has 25 heavy (non-hydrogen) atoms. The molecule has 0 radical (unpaired) electrons. The topological polar surface area (TPSA) is 81.7 Å². The van der Waals surface area contributed by atoms with Crippen molar-refractivity contribution in [3.63, 3.8) is 0 Å². The Kier molecular flexibility index (Phi) is 7.88. The van der Waals surface area contributed by atoms with Gasteiger partial charge in [0.05, 0.1) is 6.61 Å². The molecule has 6 heteroatoms. The van der Waals surface area contributed by atoms with Gasteiger partial charge in [-0.15, -0.1) is 0 Å². The molecule has 1 aliphatic rings. The van der Waals surface area contributed by atoms with Gasteiger partial charge in [-0.1, -0.05) is 19.4 Å². The molecule has 138 valence electrons. The van der Waals surface area contributed by atoms with Crippen molar-refractivity contribution in [1.29, 1.82) is 0 Å². The van der Waals surface area contributed by atoms with Crippen LogP contribution in [-0.2, 0) is 4.79 Å². The highest BCUT2D eigenvalue weighted by Gasteiger charge is 2.21. The number of hydrogen-bond donors (Lipinski definition) is 3. The molecule has 6 nitrogen and oxygen atoms in total. The van der Waals surface area contributed by atoms with E-state index in [1.165, 1.54) is 0 Å². The Morgan fingerprint density at radius 2 is 2.16 bits per heavy atom. The number of aliphatic hydroxyl groups excluding tert-OH is 1. The minimum atomic E-state index is -0.149. The van der Waals surface area contributed by atoms with Gasteiger partial charge in [0.15, 0.2) is 0 Å². The van der Waals surface area contributed by atoms with Crippen molar-refractivity contribution < 1.29 is 14.7 Å². The van der Waals surface area contributed by atoms with Gasteiger partial charge >= 0.3 is 0 Å². The lowest BCUT2D eigenvalue weighted by atomic mass is 10.0. The first-order chi connectivity index (χ1) is 12.1. The van der Waals surface area contributed by atoms with Gasteiger partial charge in [0.2, 0.25) is 5.91 Å². The Bertz CT molecular complexity index is 577. The molecule has 1 saturated heterocycles. The number of nitrogens with zero attached hydrogens (tertiary/aromatic N) is 1. The maximum Gasteiger partial charge on any atom is 0.251 e. The van der Waals surface area contributed by atoms with E-state index in [0.717, 1.165) is 38.8 Å². The van der Waals surface area contributed by atoms with Crippen LogP contribution in [0.25, 0.3) is 0 Å². The zero-order valence-corrected chi connectivity index (χ0v) is 15.0. The summed E-state index contributed by atoms with van der Waals surface area (Å²) in [6.45, 7) is 4.38. The highest BCUT2D eigenvalue weighted by Crippen LogP contribution is 2.16. The van der Waals surface area contributed by atoms with Crippen LogP contribution < -0.4 is 10.6 Å². The fraction of sp³-hybridized carbons (Fsp3) is 0.579. The van der Waals surface area contributed by atoms with Crippen molar-refractivity contribution in [2.45, 2.75) is 45.1 Å². The molecule has 1 fully saturated rings. The number of hydrogen-bond acceptors (Lipinski definition) is 4. The van der Waals surface area contributed by atoms with Crippen LogP contribution in [-0.4, -0.2) is 54.1 Å². The number of nitrogens with one attached hydrogen (secondary N) is 2. The number of amides is 2. The number of carbonyl (C=O) groups is 2. The summed E-state index contributed by atoms with van der Waals surface area (Å²) in [5.74, 6) is -0.190. The molecule has 0 aliphatic carbocycles. The average molecular weight is 347 g/mol. The third-order valence-corrected chi connectivity index (χ3v) is 4.53. The first-order valence-electron chi connectivity index (χ1n) is 9.17. The second kappa shape index (κ2) is 10.2. The highest BCUT2D eigenvalue weighted by molar-refractivity contribution is 5.97. The van der Waals surface area contributed by atoms with Crippen LogP contribution in [0.15, 0.2) is 24.3 Å². The molecule has 2 rings (SSSR count). The molecule has 1 aliphatic heterocycles. The van der Waals surface area contributed by atoms with Gasteiger partial charge in [0, 0.05) is 36.8 Å². The van der Waals surface area contributed by atoms with Crippen LogP contribution in [0, 0.1) is 0 Å². The Balaban J connectivity index is 1.83. The molecule has 0 spiro atoms. The minimum Gasteiger partial charge on any atom is -0.395 e. The molecule has 0 saturated carbocycles. The fourth-order valence-corrected chi connectivity index (χ4v) is 3.16. The summed E-state index contributed by atoms with van der Waals surface area (Å²) < 4.78 is 0. The third-order valence-electron chi connectivity index (χ3n) is 4.53. The quantitative estimate of drug-likeness (QED) is 0.672. The van der Waals surface area contributed by atoms with Gasteiger partial charge < -0.3 is 15.7 Å². The SMILES string of the molecule is CCCC(=O)Nc1cccc(C(=O)NCCN2CCCC[C@@H]2CO)c1. The lowest BCUT2D eigenvalue weighted by Gasteiger charge is -2.34. The van der Waals surface area contributed by atoms with Crippen molar-refractivity contribution in [3.8, 4) is 0 Å². The largest absolute Gasteiger partial charge is 0.395 e. The molecular formula is C19H29N3O3. The highest BCUT2D eigenvalue weighted by atomic mass is 16.3. The maximum absolute atomic E-state index is 12.3. The molecule has 1 aromatic rings. The van der Waals surface area contributed by atoms with E-state index in [9.17, 15) is 14.7 Å². The Morgan fingerprint density at radius 3 is 2.92 bits per heavy atom. The van der Waals surface area contributed by atoms with E-state index < -0.39 is 0 Å². The molecular weight excluding hydrogens is 318 g/mol. The predicted molar refractivity (Wildman–Crippen MR) is 98.6 cm³/mol. The summed E-state index contributed by atoms with van der Waals surface area (Å²) in [5, 5.41) is 15.2. The lowest BCUT2D eigenvalue weighted by molar-refractivity contribution is -0.116. The van der Waals surface area contributed by atoms with Crippen molar-refractivity contribution in [3.05, 3.63) is 29.8 Å². The second-order valence-electron chi connectivity index (χ2n) is 6.50. The van der Waals surface area contributed by atoms with Gasteiger partial charge in [-0.25, -0.2) is 0 Å². The van der Waals surface area contributed by atoms with Crippen LogP contribution in [0.1, 0.15) is 49.4 Å². The maximum atomic E-state index is 12.3. The number of aliphatic hydroxyl groups is 1. The van der Waals surface area contributed by atoms with Crippen molar-refractivity contribution in [2.75, 3.05) is 31.6 Å². The molecule has 0 aromatic heterocycles. The molecule has 1 heterocycles. The van der Waals surface area contributed by atoms with Crippen LogP contribution in [0.4, 0.5) is 5.69 Å². The average Bonchev–Trinajstić information content (AvgIpc) is 2.62. The summed E-state index contributed by atoms with van der Waals surface area (Å²) >= 11 is 0. The van der Waals surface area contributed by atoms with E-state index in [1.807, 2.05) is 6.92 Å². The molecule has 3 N–H and O–H groups in total. The van der Waals surface area contributed by atoms with E-state index in [4.69, 9.17) is 0 Å². The van der Waals surface area contributed by atoms with Crippen LogP contribution in [0.3, 0.4) is 0 Å². The molecule has 1 aromatic carbocycles. The van der Waals surface area contributed by atoms with Crippen molar-refractivity contribution >= 4 is 17.5 Å². The number of benzene rings is 1. The van der Waals surface area contributed by atoms with E-state index in [2.05, 4.69) is 15.5 Å². The summed E-state index contributed by atoms with van der Waals surface area (Å²) in [6.07, 6.45) is 4.58. The number of likely N-dealkylation sites (tertiary alicyclic amines) is 1. The summed E-state index contributed by atoms with van der Waals surface area (Å²) in [6, 6.07) is 7.19. The minimum absolute atomic E-state index is 0.0415. The van der Waals surface area contributed by atoms with Gasteiger partial charge in [0.1, 0.15) is 0 Å². The standard InChI is InChI=1S/C19H29N3O3/c1-2-6-18(24)21-16-8-5-7-15(13-16)19(25)20-10-12-22-11-4-3-9-17(22)14-23/h5,7-8,13,17,23H,2-4,6,9-12,14H2,1H3,(H,20,25)(H,21,24)/t17-/m1/s1. The number of rotatable bonds is 8. The normalized spacial score (nSPS) is 17.9. The Labute approximate surface area is 149 Å². The Morgan fingerprint density at radius 1 is 1.32 bits per heavy atom. The van der Waals surface area contributed by atoms with E-state index in [-0.39, 0.29) is 24.5 Å². The van der Waals surface area contributed by atoms with Gasteiger partial charge in [-0.3, -0.25) is 14.5 Å². The second-order valence-corrected chi connectivity index (χ2v) is 6.50. The molecule has 0 unspecified atom stereocenters. The Hall–Kier alpha value is -1.92. The number of anilines is 1. The van der Waals surface area contributed by atoms with Gasteiger partial charge in [0.25, 0.3) is 5.91 Å². The first kappa shape index (κ1) is 19.4. The third kappa shape index (κ3) is 6.14. The fourth-order valence-electron chi connectivity index (χ4n) is 3.16. The zero-order valence-electron chi connectivity index (χ0n) is 15.0. The molecule has 0 bridgehead atoms. The summed E-state index contributed by atoms with van der Waals surface area (Å²) in [5.41, 5.74) is 1.18. The summed E-state index contributed by atoms with van der Waals surface area (Å²) in [4.78, 5) is 26.2. The van der Waals surface area contributed by atoms with Gasteiger partial charge in [-0.05, 0) is 44.0 Å². The smallest absolute Gasteiger partial charge is 0.251 e. The zero-order chi connectivity index (χ0) is 18.1. The van der Waals surface area contributed by atoms with Crippen molar-refractivity contribution in [1.82, 2.24) is 10.2 Å². The van der Waals surface area contributed by atoms with Crippen molar-refractivity contribution in [2.24, 2.45) is 0 Å². The van der Waals surface area contributed by atoms with Crippen LogP contribution >= 0.6 is 0 Å². The molecule has 2 amide bonds. The number of carbonyl (C=O) groups excluding carboxylic acids is 2. The van der Waals surface area contributed by atoms with E-state index in [0.29, 0.717) is 24.2 Å². The number of piperidine rings is 1. The van der Waals surface area contributed by atoms with E-state index in [1.54, 1.807) is 24.3 Å². The lowest BCUT2D eigenvalue weighted by Crippen LogP contribution is -2.45. The summed E-state index contributed by atoms with van der Waals surface area (Å²) in [7, 11) is 0. The van der Waals surface area contributed by atoms with Gasteiger partial charge in [-0.2, -0.15) is 0 Å². The van der Waals surface area contributed by atoms with E-state index >= 15 is 0 Å². The monoisotopic (exact) mass is 347 g/mol. The first-order valence-corrected chi connectivity index (χ1v) is 9.17.